The molecule has 0 saturated heterocycles. The Morgan fingerprint density at radius 2 is 1.45 bits per heavy atom. The van der Waals surface area contributed by atoms with Gasteiger partial charge in [0.1, 0.15) is 10.6 Å². The lowest BCUT2D eigenvalue weighted by Crippen LogP contribution is -2.38. The number of halogens is 1. The number of hydrogen-bond acceptors (Lipinski definition) is 3. The smallest absolute Gasteiger partial charge is 0.279 e. The molecule has 0 aliphatic carbocycles. The van der Waals surface area contributed by atoms with Gasteiger partial charge in [-0.15, -0.1) is 11.3 Å². The first-order valence-corrected chi connectivity index (χ1v) is 10.6. The lowest BCUT2D eigenvalue weighted by Gasteiger charge is -2.12. The number of thiophene rings is 1. The maximum absolute atomic E-state index is 13.5. The van der Waals surface area contributed by atoms with Gasteiger partial charge in [0.2, 0.25) is 0 Å². The summed E-state index contributed by atoms with van der Waals surface area (Å²) in [5.74, 6) is -0.335. The van der Waals surface area contributed by atoms with Gasteiger partial charge in [0.05, 0.1) is 17.6 Å². The van der Waals surface area contributed by atoms with Crippen LogP contribution in [0.3, 0.4) is 0 Å². The highest BCUT2D eigenvalue weighted by molar-refractivity contribution is 7.21. The first-order chi connectivity index (χ1) is 15.1. The van der Waals surface area contributed by atoms with E-state index in [1.54, 1.807) is 41.0 Å². The third kappa shape index (κ3) is 3.51. The van der Waals surface area contributed by atoms with E-state index in [1.807, 2.05) is 42.5 Å². The molecule has 31 heavy (non-hydrogen) atoms. The second kappa shape index (κ2) is 7.81. The van der Waals surface area contributed by atoms with E-state index >= 15 is 0 Å². The molecule has 0 spiro atoms. The van der Waals surface area contributed by atoms with Crippen molar-refractivity contribution in [3.63, 3.8) is 0 Å². The van der Waals surface area contributed by atoms with Crippen molar-refractivity contribution < 1.29 is 4.39 Å². The number of benzene rings is 3. The summed E-state index contributed by atoms with van der Waals surface area (Å²) in [7, 11) is 0. The topological polar surface area (TPSA) is 44.0 Å². The van der Waals surface area contributed by atoms with Crippen molar-refractivity contribution in [3.8, 4) is 16.1 Å². The Morgan fingerprint density at radius 3 is 2.13 bits per heavy atom. The van der Waals surface area contributed by atoms with Crippen molar-refractivity contribution in [1.82, 2.24) is 9.13 Å². The fourth-order valence-corrected chi connectivity index (χ4v) is 4.76. The van der Waals surface area contributed by atoms with Crippen molar-refractivity contribution in [3.05, 3.63) is 123 Å². The number of aromatic nitrogens is 2. The highest BCUT2D eigenvalue weighted by atomic mass is 32.1. The van der Waals surface area contributed by atoms with Crippen molar-refractivity contribution in [2.24, 2.45) is 0 Å². The van der Waals surface area contributed by atoms with Gasteiger partial charge in [0.15, 0.2) is 0 Å². The summed E-state index contributed by atoms with van der Waals surface area (Å²) in [6, 6.07) is 26.5. The molecule has 5 rings (SSSR count). The predicted octanol–water partition coefficient (Wildman–Crippen LogP) is 5.07. The third-order valence-electron chi connectivity index (χ3n) is 5.14. The van der Waals surface area contributed by atoms with Crippen LogP contribution in [0.15, 0.2) is 101 Å². The minimum absolute atomic E-state index is 0.234. The molecule has 0 N–H and O–H groups in total. The zero-order valence-electron chi connectivity index (χ0n) is 16.4. The Morgan fingerprint density at radius 1 is 0.806 bits per heavy atom. The van der Waals surface area contributed by atoms with Crippen LogP contribution in [0.4, 0.5) is 4.39 Å². The van der Waals surface area contributed by atoms with Gasteiger partial charge in [-0.3, -0.25) is 9.36 Å². The van der Waals surface area contributed by atoms with E-state index in [2.05, 4.69) is 0 Å². The third-order valence-corrected chi connectivity index (χ3v) is 6.35. The van der Waals surface area contributed by atoms with Crippen LogP contribution in [-0.2, 0) is 6.54 Å². The van der Waals surface area contributed by atoms with Crippen molar-refractivity contribution in [2.45, 2.75) is 6.54 Å². The largest absolute Gasteiger partial charge is 0.337 e. The standard InChI is InChI=1S/C25H17FN2O2S/c26-19-13-11-17(12-14-19)16-27-24-21(15-22(31-24)18-7-3-1-4-8-18)23(29)28(25(27)30)20-9-5-2-6-10-20/h1-15H,16H2. The molecule has 4 nitrogen and oxygen atoms in total. The first-order valence-electron chi connectivity index (χ1n) is 9.76. The van der Waals surface area contributed by atoms with Crippen molar-refractivity contribution >= 4 is 21.6 Å². The quantitative estimate of drug-likeness (QED) is 0.401. The second-order valence-corrected chi connectivity index (χ2v) is 8.20. The Labute approximate surface area is 181 Å². The number of rotatable bonds is 4. The number of nitrogens with zero attached hydrogens (tertiary/aromatic N) is 2. The summed E-state index contributed by atoms with van der Waals surface area (Å²) in [5.41, 5.74) is 1.50. The molecule has 0 amide bonds. The number of hydrogen-bond donors (Lipinski definition) is 0. The van der Waals surface area contributed by atoms with Gasteiger partial charge in [-0.25, -0.2) is 13.8 Å². The number of para-hydroxylation sites is 1. The van der Waals surface area contributed by atoms with Gasteiger partial charge >= 0.3 is 5.69 Å². The fraction of sp³-hybridized carbons (Fsp3) is 0.0400. The van der Waals surface area contributed by atoms with Gasteiger partial charge in [0.25, 0.3) is 5.56 Å². The van der Waals surface area contributed by atoms with Crippen LogP contribution in [-0.4, -0.2) is 9.13 Å². The van der Waals surface area contributed by atoms with Gasteiger partial charge in [0, 0.05) is 4.88 Å². The molecule has 3 aromatic carbocycles. The maximum atomic E-state index is 13.5. The Kier molecular flexibility index (Phi) is 4.84. The molecular formula is C25H17FN2O2S. The monoisotopic (exact) mass is 428 g/mol. The molecule has 0 bridgehead atoms. The highest BCUT2D eigenvalue weighted by Gasteiger charge is 2.18. The predicted molar refractivity (Wildman–Crippen MR) is 123 cm³/mol. The first kappa shape index (κ1) is 19.2. The second-order valence-electron chi connectivity index (χ2n) is 7.17. The van der Waals surface area contributed by atoms with Crippen LogP contribution in [0, 0.1) is 5.82 Å². The van der Waals surface area contributed by atoms with Gasteiger partial charge in [-0.2, -0.15) is 0 Å². The lowest BCUT2D eigenvalue weighted by molar-refractivity contribution is 0.626. The SMILES string of the molecule is O=c1c2cc(-c3ccccc3)sc2n(Cc2ccc(F)cc2)c(=O)n1-c1ccccc1. The van der Waals surface area contributed by atoms with E-state index < -0.39 is 5.69 Å². The van der Waals surface area contributed by atoms with Gasteiger partial charge < -0.3 is 0 Å². The molecule has 0 aliphatic rings. The van der Waals surface area contributed by atoms with E-state index in [1.165, 1.54) is 28.0 Å². The minimum atomic E-state index is -0.422. The molecule has 0 radical (unpaired) electrons. The average molecular weight is 428 g/mol. The molecule has 0 fully saturated rings. The molecule has 152 valence electrons. The normalized spacial score (nSPS) is 11.1. The molecule has 2 heterocycles. The van der Waals surface area contributed by atoms with E-state index in [9.17, 15) is 14.0 Å². The van der Waals surface area contributed by atoms with Gasteiger partial charge in [-0.1, -0.05) is 60.7 Å². The summed E-state index contributed by atoms with van der Waals surface area (Å²) in [6.45, 7) is 0.234. The summed E-state index contributed by atoms with van der Waals surface area (Å²) in [5, 5.41) is 0.481. The summed E-state index contributed by atoms with van der Waals surface area (Å²) in [6.07, 6.45) is 0. The fourth-order valence-electron chi connectivity index (χ4n) is 3.61. The van der Waals surface area contributed by atoms with Crippen LogP contribution in [0.5, 0.6) is 0 Å². The molecule has 0 atom stereocenters. The highest BCUT2D eigenvalue weighted by Crippen LogP contribution is 2.31. The van der Waals surface area contributed by atoms with E-state index in [0.717, 1.165) is 16.0 Å². The maximum Gasteiger partial charge on any atom is 0.337 e. The van der Waals surface area contributed by atoms with Crippen LogP contribution in [0.25, 0.3) is 26.3 Å². The van der Waals surface area contributed by atoms with Crippen LogP contribution in [0.2, 0.25) is 0 Å². The minimum Gasteiger partial charge on any atom is -0.279 e. The Bertz CT molecular complexity index is 1480. The van der Waals surface area contributed by atoms with Crippen LogP contribution >= 0.6 is 11.3 Å². The number of fused-ring (bicyclic) bond motifs is 1. The van der Waals surface area contributed by atoms with Crippen molar-refractivity contribution in [1.29, 1.82) is 0 Å². The van der Waals surface area contributed by atoms with Gasteiger partial charge in [-0.05, 0) is 41.5 Å². The summed E-state index contributed by atoms with van der Waals surface area (Å²) >= 11 is 1.41. The van der Waals surface area contributed by atoms with E-state index in [0.29, 0.717) is 15.9 Å². The van der Waals surface area contributed by atoms with Crippen molar-refractivity contribution in [2.75, 3.05) is 0 Å². The molecule has 5 aromatic rings. The zero-order valence-corrected chi connectivity index (χ0v) is 17.2. The Hall–Kier alpha value is -3.77. The summed E-state index contributed by atoms with van der Waals surface area (Å²) in [4.78, 5) is 28.3. The molecule has 0 aliphatic heterocycles. The van der Waals surface area contributed by atoms with Crippen LogP contribution < -0.4 is 11.2 Å². The molecule has 6 heteroatoms. The molecule has 0 unspecified atom stereocenters. The Balaban J connectivity index is 1.80. The average Bonchev–Trinajstić information content (AvgIpc) is 3.25. The van der Waals surface area contributed by atoms with E-state index in [4.69, 9.17) is 0 Å². The molecular weight excluding hydrogens is 411 g/mol. The summed E-state index contributed by atoms with van der Waals surface area (Å²) < 4.78 is 16.2. The zero-order chi connectivity index (χ0) is 21.4. The lowest BCUT2D eigenvalue weighted by atomic mass is 10.2. The van der Waals surface area contributed by atoms with Crippen LogP contribution in [0.1, 0.15) is 5.56 Å². The van der Waals surface area contributed by atoms with E-state index in [-0.39, 0.29) is 17.9 Å². The molecule has 2 aromatic heterocycles. The molecule has 0 saturated carbocycles.